The summed E-state index contributed by atoms with van der Waals surface area (Å²) < 4.78 is 0. The molecule has 3 rings (SSSR count). The van der Waals surface area contributed by atoms with Gasteiger partial charge >= 0.3 is 0 Å². The van der Waals surface area contributed by atoms with E-state index in [-0.39, 0.29) is 0 Å². The second kappa shape index (κ2) is 5.40. The van der Waals surface area contributed by atoms with Crippen LogP contribution in [0.1, 0.15) is 17.7 Å². The molecule has 0 bridgehead atoms. The van der Waals surface area contributed by atoms with Crippen LogP contribution in [0.15, 0.2) is 35.8 Å². The molecule has 94 valence electrons. The van der Waals surface area contributed by atoms with Crippen LogP contribution in [0.4, 0.5) is 11.5 Å². The number of hydrogen-bond donors (Lipinski definition) is 1. The number of thiophene rings is 1. The van der Waals surface area contributed by atoms with Crippen molar-refractivity contribution < 1.29 is 0 Å². The van der Waals surface area contributed by atoms with Gasteiger partial charge in [0.1, 0.15) is 5.82 Å². The Balaban J connectivity index is 1.60. The van der Waals surface area contributed by atoms with Crippen LogP contribution in [0.2, 0.25) is 0 Å². The van der Waals surface area contributed by atoms with Crippen LogP contribution < -0.4 is 10.2 Å². The van der Waals surface area contributed by atoms with E-state index in [4.69, 9.17) is 0 Å². The summed E-state index contributed by atoms with van der Waals surface area (Å²) in [7, 11) is 0. The van der Waals surface area contributed by atoms with Crippen LogP contribution in [-0.4, -0.2) is 18.1 Å². The summed E-state index contributed by atoms with van der Waals surface area (Å²) in [6.07, 6.45) is 4.52. The molecule has 1 aliphatic heterocycles. The third kappa shape index (κ3) is 2.64. The van der Waals surface area contributed by atoms with Crippen molar-refractivity contribution in [3.05, 3.63) is 40.7 Å². The van der Waals surface area contributed by atoms with Crippen molar-refractivity contribution >= 4 is 22.8 Å². The molecule has 0 spiro atoms. The molecular formula is C14H17N3S. The lowest BCUT2D eigenvalue weighted by atomic mass is 10.3. The summed E-state index contributed by atoms with van der Waals surface area (Å²) >= 11 is 1.77. The third-order valence-electron chi connectivity index (χ3n) is 3.22. The van der Waals surface area contributed by atoms with Gasteiger partial charge in [0.2, 0.25) is 0 Å². The van der Waals surface area contributed by atoms with Crippen molar-refractivity contribution in [3.8, 4) is 0 Å². The van der Waals surface area contributed by atoms with Gasteiger partial charge in [0.15, 0.2) is 0 Å². The molecule has 3 nitrogen and oxygen atoms in total. The Hall–Kier alpha value is -1.55. The lowest BCUT2D eigenvalue weighted by Crippen LogP contribution is -2.18. The number of nitrogens with one attached hydrogen (secondary N) is 1. The van der Waals surface area contributed by atoms with Crippen molar-refractivity contribution in [3.63, 3.8) is 0 Å². The minimum atomic E-state index is 0.877. The topological polar surface area (TPSA) is 28.2 Å². The highest BCUT2D eigenvalue weighted by Crippen LogP contribution is 2.19. The highest BCUT2D eigenvalue weighted by molar-refractivity contribution is 7.09. The van der Waals surface area contributed by atoms with E-state index in [1.165, 1.54) is 17.7 Å². The molecule has 0 aromatic carbocycles. The van der Waals surface area contributed by atoms with Crippen LogP contribution in [0.25, 0.3) is 0 Å². The van der Waals surface area contributed by atoms with E-state index in [0.29, 0.717) is 0 Å². The molecule has 18 heavy (non-hydrogen) atoms. The predicted molar refractivity (Wildman–Crippen MR) is 77.3 cm³/mol. The van der Waals surface area contributed by atoms with Crippen LogP contribution >= 0.6 is 11.3 Å². The van der Waals surface area contributed by atoms with Gasteiger partial charge < -0.3 is 10.2 Å². The van der Waals surface area contributed by atoms with Gasteiger partial charge in [-0.3, -0.25) is 0 Å². The lowest BCUT2D eigenvalue weighted by Gasteiger charge is -2.16. The van der Waals surface area contributed by atoms with Crippen molar-refractivity contribution in [2.75, 3.05) is 23.3 Å². The zero-order chi connectivity index (χ0) is 12.2. The van der Waals surface area contributed by atoms with Gasteiger partial charge in [-0.1, -0.05) is 6.07 Å². The van der Waals surface area contributed by atoms with Crippen molar-refractivity contribution in [1.82, 2.24) is 4.98 Å². The molecule has 0 amide bonds. The average molecular weight is 259 g/mol. The van der Waals surface area contributed by atoms with E-state index in [9.17, 15) is 0 Å². The maximum Gasteiger partial charge on any atom is 0.128 e. The number of pyridine rings is 1. The fourth-order valence-electron chi connectivity index (χ4n) is 2.23. The van der Waals surface area contributed by atoms with Gasteiger partial charge in [0.05, 0.1) is 11.9 Å². The summed E-state index contributed by atoms with van der Waals surface area (Å²) in [6, 6.07) is 8.45. The van der Waals surface area contributed by atoms with Crippen molar-refractivity contribution in [2.45, 2.75) is 19.4 Å². The Kier molecular flexibility index (Phi) is 3.46. The summed E-state index contributed by atoms with van der Waals surface area (Å²) in [5.41, 5.74) is 1.09. The molecule has 0 aliphatic carbocycles. The maximum atomic E-state index is 4.53. The zero-order valence-corrected chi connectivity index (χ0v) is 11.1. The molecule has 0 unspecified atom stereocenters. The average Bonchev–Trinajstić information content (AvgIpc) is 3.10. The highest BCUT2D eigenvalue weighted by atomic mass is 32.1. The number of hydrogen-bond acceptors (Lipinski definition) is 4. The van der Waals surface area contributed by atoms with Crippen LogP contribution in [-0.2, 0) is 6.54 Å². The Morgan fingerprint density at radius 1 is 1.22 bits per heavy atom. The number of rotatable bonds is 4. The van der Waals surface area contributed by atoms with Crippen LogP contribution in [0, 0.1) is 0 Å². The molecule has 0 atom stereocenters. The molecule has 1 saturated heterocycles. The normalized spacial score (nSPS) is 15.0. The number of nitrogens with zero attached hydrogens (tertiary/aromatic N) is 2. The first-order valence-electron chi connectivity index (χ1n) is 6.39. The van der Waals surface area contributed by atoms with E-state index >= 15 is 0 Å². The van der Waals surface area contributed by atoms with Gasteiger partial charge in [0, 0.05) is 24.5 Å². The monoisotopic (exact) mass is 259 g/mol. The SMILES string of the molecule is c1csc(CNc2ccc(N3CCCC3)nc2)c1. The summed E-state index contributed by atoms with van der Waals surface area (Å²) in [4.78, 5) is 8.22. The molecule has 1 fully saturated rings. The summed E-state index contributed by atoms with van der Waals surface area (Å²) in [5.74, 6) is 1.11. The minimum absolute atomic E-state index is 0.877. The first-order valence-corrected chi connectivity index (χ1v) is 7.27. The molecule has 3 heterocycles. The van der Waals surface area contributed by atoms with E-state index < -0.39 is 0 Å². The molecule has 1 aliphatic rings. The quantitative estimate of drug-likeness (QED) is 0.912. The van der Waals surface area contributed by atoms with Crippen molar-refractivity contribution in [1.29, 1.82) is 0 Å². The highest BCUT2D eigenvalue weighted by Gasteiger charge is 2.12. The van der Waals surface area contributed by atoms with E-state index in [1.54, 1.807) is 11.3 Å². The van der Waals surface area contributed by atoms with Crippen LogP contribution in [0.5, 0.6) is 0 Å². The molecule has 2 aromatic heterocycles. The standard InChI is InChI=1S/C14H17N3S/c1-2-8-17(7-1)14-6-5-12(10-16-14)15-11-13-4-3-9-18-13/h3-6,9-10,15H,1-2,7-8,11H2. The summed E-state index contributed by atoms with van der Waals surface area (Å²) in [5, 5.41) is 5.50. The predicted octanol–water partition coefficient (Wildman–Crippen LogP) is 3.36. The van der Waals surface area contributed by atoms with Crippen molar-refractivity contribution in [2.24, 2.45) is 0 Å². The van der Waals surface area contributed by atoms with E-state index in [1.807, 2.05) is 6.20 Å². The number of anilines is 2. The number of aromatic nitrogens is 1. The molecule has 0 radical (unpaired) electrons. The van der Waals surface area contributed by atoms with Gasteiger partial charge in [-0.05, 0) is 36.4 Å². The Morgan fingerprint density at radius 2 is 2.11 bits per heavy atom. The first kappa shape index (κ1) is 11.5. The third-order valence-corrected chi connectivity index (χ3v) is 4.10. The van der Waals surface area contributed by atoms with E-state index in [0.717, 1.165) is 31.1 Å². The second-order valence-corrected chi connectivity index (χ2v) is 5.56. The fraction of sp³-hybridized carbons (Fsp3) is 0.357. The van der Waals surface area contributed by atoms with E-state index in [2.05, 4.69) is 44.8 Å². The first-order chi connectivity index (χ1) is 8.92. The fourth-order valence-corrected chi connectivity index (χ4v) is 2.87. The molecule has 4 heteroatoms. The smallest absolute Gasteiger partial charge is 0.128 e. The zero-order valence-electron chi connectivity index (χ0n) is 10.3. The molecular weight excluding hydrogens is 242 g/mol. The largest absolute Gasteiger partial charge is 0.379 e. The Morgan fingerprint density at radius 3 is 2.78 bits per heavy atom. The maximum absolute atomic E-state index is 4.53. The molecule has 0 saturated carbocycles. The molecule has 1 N–H and O–H groups in total. The second-order valence-electron chi connectivity index (χ2n) is 4.53. The van der Waals surface area contributed by atoms with Gasteiger partial charge in [-0.2, -0.15) is 0 Å². The Bertz CT molecular complexity index is 472. The van der Waals surface area contributed by atoms with Crippen LogP contribution in [0.3, 0.4) is 0 Å². The Labute approximate surface area is 111 Å². The van der Waals surface area contributed by atoms with Gasteiger partial charge in [-0.15, -0.1) is 11.3 Å². The summed E-state index contributed by atoms with van der Waals surface area (Å²) in [6.45, 7) is 3.17. The lowest BCUT2D eigenvalue weighted by molar-refractivity contribution is 0.937. The minimum Gasteiger partial charge on any atom is -0.379 e. The van der Waals surface area contributed by atoms with Gasteiger partial charge in [-0.25, -0.2) is 4.98 Å². The van der Waals surface area contributed by atoms with Gasteiger partial charge in [0.25, 0.3) is 0 Å². The molecule has 2 aromatic rings.